The largest absolute Gasteiger partial charge is 0.387 e. The molecule has 8 N–H and O–H groups in total. The van der Waals surface area contributed by atoms with Gasteiger partial charge in [-0.1, -0.05) is 218 Å². The molecule has 0 amide bonds. The fourth-order valence-electron chi connectivity index (χ4n) is 15.8. The molecule has 0 radical (unpaired) electrons. The van der Waals surface area contributed by atoms with E-state index in [1.54, 1.807) is 0 Å². The van der Waals surface area contributed by atoms with E-state index in [-0.39, 0.29) is 119 Å². The van der Waals surface area contributed by atoms with Crippen LogP contribution in [0.5, 0.6) is 0 Å². The first kappa shape index (κ1) is 98.6. The smallest absolute Gasteiger partial charge is 0.187 e. The Morgan fingerprint density at radius 3 is 0.614 bits per heavy atom. The maximum atomic E-state index is 13.3. The van der Waals surface area contributed by atoms with Crippen molar-refractivity contribution in [2.24, 2.45) is 0 Å². The molecule has 0 spiro atoms. The first-order valence-electron chi connectivity index (χ1n) is 42.8. The molecule has 6 heterocycles. The summed E-state index contributed by atoms with van der Waals surface area (Å²) in [5.74, 6) is 0. The molecule has 6 aromatic rings. The fourth-order valence-corrected chi connectivity index (χ4v) is 15.8. The van der Waals surface area contributed by atoms with Crippen LogP contribution in [0.15, 0.2) is 258 Å². The molecular formula is C96H122O31. The van der Waals surface area contributed by atoms with Gasteiger partial charge in [0.15, 0.2) is 37.7 Å². The minimum absolute atomic E-state index is 0.0301. The van der Waals surface area contributed by atoms with Gasteiger partial charge >= 0.3 is 0 Å². The Kier molecular flexibility index (Phi) is 40.3. The van der Waals surface area contributed by atoms with Gasteiger partial charge in [0.1, 0.15) is 146 Å². The molecule has 30 atom stereocenters. The van der Waals surface area contributed by atoms with Gasteiger partial charge in [-0.25, -0.2) is 0 Å². The summed E-state index contributed by atoms with van der Waals surface area (Å²) in [6.45, 7) is 21.2. The average Bonchev–Trinajstić information content (AvgIpc) is 0.763. The number of ether oxygens (including phenoxy) is 23. The van der Waals surface area contributed by atoms with E-state index >= 15 is 0 Å². The van der Waals surface area contributed by atoms with Crippen LogP contribution in [-0.2, 0) is 149 Å². The van der Waals surface area contributed by atoms with E-state index in [1.165, 1.54) is 36.5 Å². The Bertz CT molecular complexity index is 4120. The van der Waals surface area contributed by atoms with Crippen molar-refractivity contribution >= 4 is 0 Å². The third kappa shape index (κ3) is 27.8. The number of hydrogen-bond donors (Lipinski definition) is 8. The highest BCUT2D eigenvalue weighted by Gasteiger charge is 2.60. The maximum Gasteiger partial charge on any atom is 0.187 e. The summed E-state index contributed by atoms with van der Waals surface area (Å²) in [6.07, 6.45) is -36.8. The highest BCUT2D eigenvalue weighted by Crippen LogP contribution is 2.41. The van der Waals surface area contributed by atoms with Gasteiger partial charge in [-0.3, -0.25) is 0 Å². The quantitative estimate of drug-likeness (QED) is 0.0189. The Morgan fingerprint density at radius 2 is 0.394 bits per heavy atom. The summed E-state index contributed by atoms with van der Waals surface area (Å²) in [4.78, 5) is 0. The zero-order valence-electron chi connectivity index (χ0n) is 71.0. The summed E-state index contributed by atoms with van der Waals surface area (Å²) < 4.78 is 151. The number of aliphatic hydroxyl groups excluding tert-OH is 8. The zero-order chi connectivity index (χ0) is 89.2. The molecular weight excluding hydrogens is 1650 g/mol. The van der Waals surface area contributed by atoms with Crippen molar-refractivity contribution in [1.82, 2.24) is 0 Å². The Morgan fingerprint density at radius 1 is 0.213 bits per heavy atom. The second-order valence-corrected chi connectivity index (χ2v) is 31.2. The van der Waals surface area contributed by atoms with Crippen molar-refractivity contribution in [2.45, 2.75) is 224 Å². The number of rotatable bonds is 52. The van der Waals surface area contributed by atoms with Gasteiger partial charge in [-0.05, 0) is 33.4 Å². The zero-order valence-corrected chi connectivity index (χ0v) is 71.0. The molecule has 0 aliphatic carbocycles. The lowest BCUT2D eigenvalue weighted by molar-refractivity contribution is -0.401. The molecule has 31 heteroatoms. The first-order chi connectivity index (χ1) is 62.1. The van der Waals surface area contributed by atoms with E-state index < -0.39 is 184 Å². The lowest BCUT2D eigenvalue weighted by atomic mass is 9.94. The van der Waals surface area contributed by atoms with Gasteiger partial charge in [-0.2, -0.15) is 0 Å². The minimum Gasteiger partial charge on any atom is -0.387 e. The van der Waals surface area contributed by atoms with E-state index in [0.29, 0.717) is 0 Å². The molecule has 6 saturated heterocycles. The van der Waals surface area contributed by atoms with Crippen LogP contribution in [0.4, 0.5) is 0 Å². The SMILES string of the molecule is C=CCO[C@H]1[C@@H](O)[C@@H](COCc2ccccc2)O[C@@H](O[C@@H]2[C@H](OCC=C)[C@@H](O)[C@H](O[C@@H]3[C@H](OCC=C)[C@@H](O)[C@H](O[C@@H]4[C@H](OCC=C)[C@@H](O)[C@H](O[C@@H]5[C@H](OCC=C)[C@@H](O)[C@H](O[C@@H]6[C@H](OCC=C)[C@@H](O)[C@H](O)O[C@@H]6COCc6ccccc6)O[C@@H]5COCc5ccccc5)O[C@@H]4COCc4ccccc4)O[C@@H]3COCc3ccccc3)O[C@@H]2COCc2ccccc2)[C@@H]1O. The van der Waals surface area contributed by atoms with E-state index in [0.717, 1.165) is 33.4 Å². The number of aliphatic hydroxyl groups is 8. The van der Waals surface area contributed by atoms with Crippen LogP contribution < -0.4 is 0 Å². The van der Waals surface area contributed by atoms with Gasteiger partial charge in [0.2, 0.25) is 0 Å². The second-order valence-electron chi connectivity index (χ2n) is 31.2. The lowest BCUT2D eigenvalue weighted by Crippen LogP contribution is -2.69. The van der Waals surface area contributed by atoms with E-state index in [9.17, 15) is 40.9 Å². The van der Waals surface area contributed by atoms with Crippen molar-refractivity contribution in [3.8, 4) is 0 Å². The molecule has 0 aromatic heterocycles. The predicted octanol–water partition coefficient (Wildman–Crippen LogP) is 6.51. The van der Waals surface area contributed by atoms with E-state index in [4.69, 9.17) is 109 Å². The highest BCUT2D eigenvalue weighted by molar-refractivity contribution is 5.19. The molecule has 12 rings (SSSR count). The van der Waals surface area contributed by atoms with E-state index in [2.05, 4.69) is 39.5 Å². The van der Waals surface area contributed by atoms with Gasteiger partial charge in [0.25, 0.3) is 0 Å². The Balaban J connectivity index is 0.857. The van der Waals surface area contributed by atoms with Crippen LogP contribution in [0.2, 0.25) is 0 Å². The molecule has 6 aliphatic rings. The summed E-state index contributed by atoms with van der Waals surface area (Å²) in [5.41, 5.74) is 4.84. The van der Waals surface area contributed by atoms with Crippen LogP contribution in [0.3, 0.4) is 0 Å². The molecule has 6 aliphatic heterocycles. The Hall–Kier alpha value is -7.48. The predicted molar refractivity (Wildman–Crippen MR) is 457 cm³/mol. The van der Waals surface area contributed by atoms with Gasteiger partial charge in [0.05, 0.1) is 119 Å². The van der Waals surface area contributed by atoms with E-state index in [1.807, 2.05) is 182 Å². The van der Waals surface area contributed by atoms with Crippen molar-refractivity contribution in [2.75, 3.05) is 79.3 Å². The van der Waals surface area contributed by atoms with Crippen LogP contribution in [0.25, 0.3) is 0 Å². The Labute approximate surface area is 740 Å². The lowest BCUT2D eigenvalue weighted by Gasteiger charge is -2.51. The monoisotopic (exact) mass is 1770 g/mol. The standard InChI is InChI=1S/C96H122O31/c1-7-43-111-85-73(97)67(55-105-49-61-31-19-13-20-32-61)118-92(75(85)99)124-81-69(57-107-51-63-35-23-15-24-36-63)120-94(77(101)87(81)113-45-9-3)126-83-71(59-109-53-65-39-27-17-28-40-65)122-96(79(103)89(83)115-47-11-5)127-84-72(60-110-54-66-41-29-18-30-42-66)121-95(78(102)90(84)116-48-12-6)125-82-70(58-108-52-64-37-25-16-26-38-64)119-93(76(100)88(82)114-46-10-4)123-80-68(56-106-50-62-33-21-14-22-34-62)117-91(104)74(98)86(80)112-44-8-2/h7-42,67-104H,1-6,43-60H2/t67-,68-,69-,70-,71-,72-,73+,74-,75-,76-,77-,78-,79-,80+,81+,82+,83+,84+,85+,86-,87-,88-,89-,90-,91-,92+,93+,94+,95+,96+/m1/s1. The summed E-state index contributed by atoms with van der Waals surface area (Å²) in [5, 5.41) is 99.1. The molecule has 0 bridgehead atoms. The van der Waals surface area contributed by atoms with Crippen LogP contribution in [-0.4, -0.2) is 304 Å². The maximum absolute atomic E-state index is 13.3. The normalized spacial score (nSPS) is 33.4. The molecule has 692 valence electrons. The minimum atomic E-state index is -1.87. The average molecular weight is 1770 g/mol. The van der Waals surface area contributed by atoms with Crippen molar-refractivity contribution in [3.63, 3.8) is 0 Å². The highest BCUT2D eigenvalue weighted by atomic mass is 16.8. The molecule has 6 fully saturated rings. The second kappa shape index (κ2) is 51.9. The third-order valence-corrected chi connectivity index (χ3v) is 22.0. The van der Waals surface area contributed by atoms with Crippen LogP contribution in [0, 0.1) is 0 Å². The van der Waals surface area contributed by atoms with Gasteiger partial charge in [-0.15, -0.1) is 39.5 Å². The van der Waals surface area contributed by atoms with Crippen molar-refractivity contribution in [1.29, 1.82) is 0 Å². The first-order valence-corrected chi connectivity index (χ1v) is 42.8. The number of benzene rings is 6. The van der Waals surface area contributed by atoms with Gasteiger partial charge < -0.3 is 150 Å². The molecule has 6 aromatic carbocycles. The molecule has 0 unspecified atom stereocenters. The topological polar surface area (TPSA) is 374 Å². The number of hydrogen-bond acceptors (Lipinski definition) is 31. The van der Waals surface area contributed by atoms with Gasteiger partial charge in [0, 0.05) is 0 Å². The van der Waals surface area contributed by atoms with Crippen molar-refractivity contribution in [3.05, 3.63) is 291 Å². The van der Waals surface area contributed by atoms with Crippen molar-refractivity contribution < 1.29 is 150 Å². The molecule has 0 saturated carbocycles. The summed E-state index contributed by atoms with van der Waals surface area (Å²) in [6, 6.07) is 55.9. The van der Waals surface area contributed by atoms with Crippen LogP contribution in [0.1, 0.15) is 33.4 Å². The summed E-state index contributed by atoms with van der Waals surface area (Å²) in [7, 11) is 0. The molecule has 31 nitrogen and oxygen atoms in total. The van der Waals surface area contributed by atoms with Crippen LogP contribution >= 0.6 is 0 Å². The third-order valence-electron chi connectivity index (χ3n) is 22.0. The molecule has 127 heavy (non-hydrogen) atoms. The fraction of sp³-hybridized carbons (Fsp3) is 0.500. The summed E-state index contributed by atoms with van der Waals surface area (Å²) >= 11 is 0.